The molecule has 1 unspecified atom stereocenters. The van der Waals surface area contributed by atoms with Crippen LogP contribution in [-0.2, 0) is 5.41 Å². The molecule has 1 aromatic carbocycles. The van der Waals surface area contributed by atoms with E-state index < -0.39 is 0 Å². The highest BCUT2D eigenvalue weighted by Gasteiger charge is 2.13. The summed E-state index contributed by atoms with van der Waals surface area (Å²) >= 11 is 0. The summed E-state index contributed by atoms with van der Waals surface area (Å²) in [5, 5.41) is 9.62. The smallest absolute Gasteiger partial charge is 0.0787 e. The highest BCUT2D eigenvalue weighted by molar-refractivity contribution is 5.28. The summed E-state index contributed by atoms with van der Waals surface area (Å²) < 4.78 is 0. The first-order chi connectivity index (χ1) is 6.45. The van der Waals surface area contributed by atoms with Gasteiger partial charge in [-0.05, 0) is 23.0 Å². The second-order valence-corrected chi connectivity index (χ2v) is 4.80. The van der Waals surface area contributed by atoms with Crippen molar-refractivity contribution < 1.29 is 5.11 Å². The summed E-state index contributed by atoms with van der Waals surface area (Å²) in [5.41, 5.74) is 2.51. The van der Waals surface area contributed by atoms with Gasteiger partial charge in [0.15, 0.2) is 0 Å². The highest BCUT2D eigenvalue weighted by atomic mass is 16.3. The molecule has 1 aromatic rings. The van der Waals surface area contributed by atoms with E-state index in [-0.39, 0.29) is 11.5 Å². The molecule has 0 fully saturated rings. The highest BCUT2D eigenvalue weighted by Crippen LogP contribution is 2.24. The fraction of sp³-hybridized carbons (Fsp3) is 0.538. The normalized spacial score (nSPS) is 14.1. The molecule has 78 valence electrons. The van der Waals surface area contributed by atoms with Crippen molar-refractivity contribution in [1.29, 1.82) is 0 Å². The zero-order valence-electron chi connectivity index (χ0n) is 9.54. The minimum absolute atomic E-state index is 0.190. The van der Waals surface area contributed by atoms with Crippen LogP contribution in [-0.4, -0.2) is 5.11 Å². The third-order valence-electron chi connectivity index (χ3n) is 2.55. The maximum absolute atomic E-state index is 9.62. The molecule has 1 nitrogen and oxygen atoms in total. The molecule has 0 amide bonds. The molecule has 0 aliphatic carbocycles. The zero-order chi connectivity index (χ0) is 10.8. The summed E-state index contributed by atoms with van der Waals surface area (Å²) in [7, 11) is 0. The first-order valence-electron chi connectivity index (χ1n) is 5.23. The molecule has 1 N–H and O–H groups in total. The Kier molecular flexibility index (Phi) is 3.33. The van der Waals surface area contributed by atoms with Crippen molar-refractivity contribution in [3.63, 3.8) is 0 Å². The van der Waals surface area contributed by atoms with Gasteiger partial charge in [-0.1, -0.05) is 52.0 Å². The van der Waals surface area contributed by atoms with E-state index >= 15 is 0 Å². The number of rotatable bonds is 2. The average molecular weight is 192 g/mol. The van der Waals surface area contributed by atoms with Crippen molar-refractivity contribution in [2.24, 2.45) is 0 Å². The van der Waals surface area contributed by atoms with Gasteiger partial charge in [0.2, 0.25) is 0 Å². The van der Waals surface area contributed by atoms with Gasteiger partial charge in [0.25, 0.3) is 0 Å². The summed E-state index contributed by atoms with van der Waals surface area (Å²) in [5.74, 6) is 0. The average Bonchev–Trinajstić information content (AvgIpc) is 2.15. The Bertz CT molecular complexity index is 279. The summed E-state index contributed by atoms with van der Waals surface area (Å²) in [6.45, 7) is 8.57. The molecule has 1 rings (SSSR count). The standard InChI is InChI=1S/C13H20O/c1-5-12(14)10-6-8-11(9-7-10)13(2,3)4/h6-9,12,14H,5H2,1-4H3. The van der Waals surface area contributed by atoms with E-state index in [2.05, 4.69) is 32.9 Å². The Morgan fingerprint density at radius 2 is 1.64 bits per heavy atom. The van der Waals surface area contributed by atoms with Crippen molar-refractivity contribution >= 4 is 0 Å². The molecule has 0 saturated heterocycles. The van der Waals surface area contributed by atoms with Crippen LogP contribution in [0.1, 0.15) is 51.3 Å². The summed E-state index contributed by atoms with van der Waals surface area (Å²) in [6, 6.07) is 8.26. The Balaban J connectivity index is 2.89. The topological polar surface area (TPSA) is 20.2 Å². The van der Waals surface area contributed by atoms with Gasteiger partial charge in [0.1, 0.15) is 0 Å². The van der Waals surface area contributed by atoms with Crippen LogP contribution in [0.15, 0.2) is 24.3 Å². The molecule has 1 atom stereocenters. The van der Waals surface area contributed by atoms with Crippen molar-refractivity contribution in [2.45, 2.75) is 45.6 Å². The predicted octanol–water partition coefficient (Wildman–Crippen LogP) is 3.43. The van der Waals surface area contributed by atoms with E-state index in [0.717, 1.165) is 12.0 Å². The van der Waals surface area contributed by atoms with E-state index in [4.69, 9.17) is 0 Å². The maximum Gasteiger partial charge on any atom is 0.0787 e. The van der Waals surface area contributed by atoms with E-state index in [9.17, 15) is 5.11 Å². The van der Waals surface area contributed by atoms with Crippen LogP contribution in [0.5, 0.6) is 0 Å². The molecule has 0 spiro atoms. The third-order valence-corrected chi connectivity index (χ3v) is 2.55. The minimum Gasteiger partial charge on any atom is -0.388 e. The van der Waals surface area contributed by atoms with Crippen molar-refractivity contribution in [2.75, 3.05) is 0 Å². The van der Waals surface area contributed by atoms with Crippen molar-refractivity contribution in [1.82, 2.24) is 0 Å². The van der Waals surface area contributed by atoms with Crippen LogP contribution < -0.4 is 0 Å². The molecule has 1 heteroatoms. The van der Waals surface area contributed by atoms with Gasteiger partial charge in [0.05, 0.1) is 6.10 Å². The minimum atomic E-state index is -0.316. The van der Waals surface area contributed by atoms with E-state index in [0.29, 0.717) is 0 Å². The fourth-order valence-corrected chi connectivity index (χ4v) is 1.44. The Morgan fingerprint density at radius 3 is 2.00 bits per heavy atom. The largest absolute Gasteiger partial charge is 0.388 e. The van der Waals surface area contributed by atoms with Gasteiger partial charge in [-0.25, -0.2) is 0 Å². The lowest BCUT2D eigenvalue weighted by molar-refractivity contribution is 0.173. The number of aliphatic hydroxyl groups is 1. The van der Waals surface area contributed by atoms with Crippen LogP contribution in [0.25, 0.3) is 0 Å². The predicted molar refractivity (Wildman–Crippen MR) is 60.4 cm³/mol. The Labute approximate surface area is 86.8 Å². The molecule has 0 radical (unpaired) electrons. The summed E-state index contributed by atoms with van der Waals surface area (Å²) in [6.07, 6.45) is 0.457. The number of hydrogen-bond donors (Lipinski definition) is 1. The molecule has 0 saturated carbocycles. The number of aliphatic hydroxyl groups excluding tert-OH is 1. The first-order valence-corrected chi connectivity index (χ1v) is 5.23. The lowest BCUT2D eigenvalue weighted by atomic mass is 9.86. The molecular formula is C13H20O. The second kappa shape index (κ2) is 4.14. The lowest BCUT2D eigenvalue weighted by Crippen LogP contribution is -2.11. The molecule has 0 heterocycles. The fourth-order valence-electron chi connectivity index (χ4n) is 1.44. The monoisotopic (exact) mass is 192 g/mol. The lowest BCUT2D eigenvalue weighted by Gasteiger charge is -2.19. The van der Waals surface area contributed by atoms with Crippen LogP contribution in [0.4, 0.5) is 0 Å². The van der Waals surface area contributed by atoms with Gasteiger partial charge >= 0.3 is 0 Å². The number of benzene rings is 1. The Morgan fingerprint density at radius 1 is 1.14 bits per heavy atom. The molecule has 0 aromatic heterocycles. The van der Waals surface area contributed by atoms with Crippen molar-refractivity contribution in [3.8, 4) is 0 Å². The first kappa shape index (κ1) is 11.3. The van der Waals surface area contributed by atoms with Crippen LogP contribution in [0.2, 0.25) is 0 Å². The quantitative estimate of drug-likeness (QED) is 0.761. The molecule has 0 bridgehead atoms. The van der Waals surface area contributed by atoms with E-state index in [1.807, 2.05) is 19.1 Å². The Hall–Kier alpha value is -0.820. The van der Waals surface area contributed by atoms with Gasteiger partial charge in [-0.2, -0.15) is 0 Å². The SMILES string of the molecule is CCC(O)c1ccc(C(C)(C)C)cc1. The van der Waals surface area contributed by atoms with Gasteiger partial charge in [0, 0.05) is 0 Å². The van der Waals surface area contributed by atoms with Crippen LogP contribution in [0, 0.1) is 0 Å². The molecule has 0 aliphatic rings. The van der Waals surface area contributed by atoms with Gasteiger partial charge in [-0.15, -0.1) is 0 Å². The molecule has 0 aliphatic heterocycles. The van der Waals surface area contributed by atoms with E-state index in [1.54, 1.807) is 0 Å². The molecule has 14 heavy (non-hydrogen) atoms. The van der Waals surface area contributed by atoms with Gasteiger partial charge < -0.3 is 5.11 Å². The maximum atomic E-state index is 9.62. The number of hydrogen-bond acceptors (Lipinski definition) is 1. The second-order valence-electron chi connectivity index (χ2n) is 4.80. The van der Waals surface area contributed by atoms with Crippen molar-refractivity contribution in [3.05, 3.63) is 35.4 Å². The third kappa shape index (κ3) is 2.58. The molecular weight excluding hydrogens is 172 g/mol. The summed E-state index contributed by atoms with van der Waals surface area (Å²) in [4.78, 5) is 0. The van der Waals surface area contributed by atoms with Gasteiger partial charge in [-0.3, -0.25) is 0 Å². The zero-order valence-corrected chi connectivity index (χ0v) is 9.54. The van der Waals surface area contributed by atoms with E-state index in [1.165, 1.54) is 5.56 Å². The van der Waals surface area contributed by atoms with Crippen LogP contribution >= 0.6 is 0 Å². The van der Waals surface area contributed by atoms with Crippen LogP contribution in [0.3, 0.4) is 0 Å².